The van der Waals surface area contributed by atoms with Crippen LogP contribution in [0.1, 0.15) is 24.1 Å². The zero-order valence-corrected chi connectivity index (χ0v) is 11.7. The van der Waals surface area contributed by atoms with Crippen LogP contribution in [0.15, 0.2) is 36.4 Å². The van der Waals surface area contributed by atoms with Crippen LogP contribution in [-0.4, -0.2) is 21.2 Å². The average Bonchev–Trinajstić information content (AvgIpc) is 3.38. The normalized spacial score (nSPS) is 13.4. The van der Waals surface area contributed by atoms with Crippen molar-refractivity contribution in [3.8, 4) is 6.07 Å². The van der Waals surface area contributed by atoms with Gasteiger partial charge in [-0.1, -0.05) is 12.1 Å². The SMILES string of the molecule is N#Cc1ccc(N(Cc2cccc([N+](=O)[O-])c2)C2CC2)nn1. The minimum absolute atomic E-state index is 0.0826. The fourth-order valence-corrected chi connectivity index (χ4v) is 2.29. The first-order chi connectivity index (χ1) is 10.7. The van der Waals surface area contributed by atoms with Gasteiger partial charge in [0.05, 0.1) is 4.92 Å². The van der Waals surface area contributed by atoms with Crippen LogP contribution in [0, 0.1) is 21.4 Å². The Morgan fingerprint density at radius 2 is 2.14 bits per heavy atom. The van der Waals surface area contributed by atoms with Gasteiger partial charge < -0.3 is 4.90 Å². The highest BCUT2D eigenvalue weighted by atomic mass is 16.6. The Balaban J connectivity index is 1.84. The summed E-state index contributed by atoms with van der Waals surface area (Å²) < 4.78 is 0. The van der Waals surface area contributed by atoms with E-state index in [0.717, 1.165) is 18.4 Å². The van der Waals surface area contributed by atoms with Crippen LogP contribution in [0.2, 0.25) is 0 Å². The minimum Gasteiger partial charge on any atom is -0.348 e. The van der Waals surface area contributed by atoms with E-state index in [9.17, 15) is 10.1 Å². The summed E-state index contributed by atoms with van der Waals surface area (Å²) in [4.78, 5) is 12.5. The number of nitrogens with zero attached hydrogens (tertiary/aromatic N) is 5. The molecule has 0 spiro atoms. The number of nitro benzene ring substituents is 1. The lowest BCUT2D eigenvalue weighted by Gasteiger charge is -2.22. The molecule has 0 atom stereocenters. The Labute approximate surface area is 127 Å². The molecule has 0 unspecified atom stereocenters. The van der Waals surface area contributed by atoms with Crippen molar-refractivity contribution in [2.45, 2.75) is 25.4 Å². The van der Waals surface area contributed by atoms with Crippen LogP contribution in [0.25, 0.3) is 0 Å². The van der Waals surface area contributed by atoms with Gasteiger partial charge in [-0.05, 0) is 30.5 Å². The highest BCUT2D eigenvalue weighted by molar-refractivity contribution is 5.44. The first-order valence-corrected chi connectivity index (χ1v) is 6.91. The van der Waals surface area contributed by atoms with E-state index in [2.05, 4.69) is 15.1 Å². The first kappa shape index (κ1) is 13.9. The fourth-order valence-electron chi connectivity index (χ4n) is 2.29. The smallest absolute Gasteiger partial charge is 0.269 e. The van der Waals surface area contributed by atoms with Crippen molar-refractivity contribution in [1.29, 1.82) is 5.26 Å². The number of nitriles is 1. The number of rotatable bonds is 5. The standard InChI is InChI=1S/C15H13N5O2/c16-9-12-4-7-15(18-17-12)19(13-5-6-13)10-11-2-1-3-14(8-11)20(21)22/h1-4,7-8,13H,5-6,10H2. The molecule has 1 aliphatic rings. The van der Waals surface area contributed by atoms with Crippen LogP contribution in [0.5, 0.6) is 0 Å². The van der Waals surface area contributed by atoms with Crippen molar-refractivity contribution in [3.63, 3.8) is 0 Å². The van der Waals surface area contributed by atoms with Gasteiger partial charge in [0.2, 0.25) is 0 Å². The van der Waals surface area contributed by atoms with Crippen LogP contribution in [0.4, 0.5) is 11.5 Å². The van der Waals surface area contributed by atoms with E-state index in [1.165, 1.54) is 6.07 Å². The van der Waals surface area contributed by atoms with Crippen LogP contribution in [0.3, 0.4) is 0 Å². The summed E-state index contributed by atoms with van der Waals surface area (Å²) in [7, 11) is 0. The lowest BCUT2D eigenvalue weighted by molar-refractivity contribution is -0.384. The average molecular weight is 295 g/mol. The van der Waals surface area contributed by atoms with Crippen LogP contribution < -0.4 is 4.90 Å². The molecule has 7 nitrogen and oxygen atoms in total. The molecule has 1 fully saturated rings. The van der Waals surface area contributed by atoms with Gasteiger partial charge in [0, 0.05) is 24.7 Å². The van der Waals surface area contributed by atoms with E-state index >= 15 is 0 Å². The number of hydrogen-bond acceptors (Lipinski definition) is 6. The van der Waals surface area contributed by atoms with Crippen molar-refractivity contribution in [2.75, 3.05) is 4.90 Å². The molecule has 1 aliphatic carbocycles. The monoisotopic (exact) mass is 295 g/mol. The summed E-state index contributed by atoms with van der Waals surface area (Å²) in [5.41, 5.74) is 1.21. The Kier molecular flexibility index (Phi) is 3.66. The van der Waals surface area contributed by atoms with E-state index in [1.54, 1.807) is 24.3 Å². The zero-order valence-electron chi connectivity index (χ0n) is 11.7. The highest BCUT2D eigenvalue weighted by Gasteiger charge is 2.30. The Hall–Kier alpha value is -3.01. The minimum atomic E-state index is -0.396. The largest absolute Gasteiger partial charge is 0.348 e. The van der Waals surface area contributed by atoms with E-state index in [1.807, 2.05) is 12.1 Å². The third kappa shape index (κ3) is 3.01. The molecule has 1 aromatic carbocycles. The van der Waals surface area contributed by atoms with E-state index in [0.29, 0.717) is 18.4 Å². The summed E-state index contributed by atoms with van der Waals surface area (Å²) in [6.45, 7) is 0.535. The van der Waals surface area contributed by atoms with Gasteiger partial charge in [-0.3, -0.25) is 10.1 Å². The molecule has 3 rings (SSSR count). The Morgan fingerprint density at radius 3 is 2.73 bits per heavy atom. The maximum atomic E-state index is 10.9. The molecule has 1 saturated carbocycles. The molecule has 0 aliphatic heterocycles. The van der Waals surface area contributed by atoms with Crippen molar-refractivity contribution in [2.24, 2.45) is 0 Å². The molecule has 2 aromatic rings. The van der Waals surface area contributed by atoms with Gasteiger partial charge in [-0.15, -0.1) is 10.2 Å². The molecular formula is C15H13N5O2. The number of hydrogen-bond donors (Lipinski definition) is 0. The predicted molar refractivity (Wildman–Crippen MR) is 79.0 cm³/mol. The summed E-state index contributed by atoms with van der Waals surface area (Å²) in [6, 6.07) is 12.3. The van der Waals surface area contributed by atoms with Gasteiger partial charge in [0.15, 0.2) is 11.5 Å². The number of non-ortho nitro benzene ring substituents is 1. The molecule has 0 bridgehead atoms. The van der Waals surface area contributed by atoms with Gasteiger partial charge in [0.25, 0.3) is 5.69 Å². The van der Waals surface area contributed by atoms with Crippen molar-refractivity contribution in [1.82, 2.24) is 10.2 Å². The third-order valence-electron chi connectivity index (χ3n) is 3.52. The second-order valence-corrected chi connectivity index (χ2v) is 5.17. The van der Waals surface area contributed by atoms with Crippen molar-refractivity contribution >= 4 is 11.5 Å². The van der Waals surface area contributed by atoms with E-state index in [4.69, 9.17) is 5.26 Å². The Morgan fingerprint density at radius 1 is 1.32 bits per heavy atom. The van der Waals surface area contributed by atoms with Crippen molar-refractivity contribution < 1.29 is 4.92 Å². The second-order valence-electron chi connectivity index (χ2n) is 5.17. The number of benzene rings is 1. The molecule has 0 N–H and O–H groups in total. The third-order valence-corrected chi connectivity index (χ3v) is 3.52. The quantitative estimate of drug-likeness (QED) is 0.621. The lowest BCUT2D eigenvalue weighted by atomic mass is 10.2. The van der Waals surface area contributed by atoms with Crippen LogP contribution >= 0.6 is 0 Å². The summed E-state index contributed by atoms with van der Waals surface area (Å²) in [5.74, 6) is 0.688. The summed E-state index contributed by atoms with van der Waals surface area (Å²) >= 11 is 0. The Bertz CT molecular complexity index is 734. The molecule has 1 heterocycles. The van der Waals surface area contributed by atoms with Gasteiger partial charge >= 0.3 is 0 Å². The van der Waals surface area contributed by atoms with Crippen molar-refractivity contribution in [3.05, 3.63) is 57.8 Å². The first-order valence-electron chi connectivity index (χ1n) is 6.91. The van der Waals surface area contributed by atoms with Crippen LogP contribution in [-0.2, 0) is 6.54 Å². The summed E-state index contributed by atoms with van der Waals surface area (Å²) in [5, 5.41) is 27.6. The highest BCUT2D eigenvalue weighted by Crippen LogP contribution is 2.32. The molecule has 0 amide bonds. The topological polar surface area (TPSA) is 96.0 Å². The number of aromatic nitrogens is 2. The predicted octanol–water partition coefficient (Wildman–Crippen LogP) is 2.43. The zero-order chi connectivity index (χ0) is 15.5. The molecule has 7 heteroatoms. The number of anilines is 1. The molecule has 22 heavy (non-hydrogen) atoms. The lowest BCUT2D eigenvalue weighted by Crippen LogP contribution is -2.26. The molecule has 110 valence electrons. The molecule has 0 radical (unpaired) electrons. The molecule has 0 saturated heterocycles. The van der Waals surface area contributed by atoms with Gasteiger partial charge in [0.1, 0.15) is 6.07 Å². The van der Waals surface area contributed by atoms with E-state index in [-0.39, 0.29) is 11.4 Å². The second kappa shape index (κ2) is 5.77. The van der Waals surface area contributed by atoms with E-state index < -0.39 is 4.92 Å². The maximum absolute atomic E-state index is 10.9. The maximum Gasteiger partial charge on any atom is 0.269 e. The fraction of sp³-hybridized carbons (Fsp3) is 0.267. The summed E-state index contributed by atoms with van der Waals surface area (Å²) in [6.07, 6.45) is 2.13. The number of nitro groups is 1. The van der Waals surface area contributed by atoms with Gasteiger partial charge in [-0.25, -0.2) is 0 Å². The van der Waals surface area contributed by atoms with Gasteiger partial charge in [-0.2, -0.15) is 5.26 Å². The molecular weight excluding hydrogens is 282 g/mol. The molecule has 1 aromatic heterocycles.